The topological polar surface area (TPSA) is 42.0 Å². The molecule has 256 valence electrons. The van der Waals surface area contributed by atoms with Crippen LogP contribution in [0.3, 0.4) is 0 Å². The molecule has 0 aromatic heterocycles. The first-order chi connectivity index (χ1) is 22.0. The number of carbonyl (C=O) groups is 1. The Labute approximate surface area is 281 Å². The zero-order valence-electron chi connectivity index (χ0n) is 28.6. The number of ether oxygens (including phenoxy) is 2. The number of aryl methyl sites for hydroxylation is 2. The van der Waals surface area contributed by atoms with Crippen LogP contribution in [-0.4, -0.2) is 74.2 Å². The van der Waals surface area contributed by atoms with Crippen LogP contribution in [0.2, 0.25) is 5.02 Å². The summed E-state index contributed by atoms with van der Waals surface area (Å²) in [5.41, 5.74) is 5.88. The summed E-state index contributed by atoms with van der Waals surface area (Å²) in [6.07, 6.45) is 8.78. The van der Waals surface area contributed by atoms with E-state index in [2.05, 4.69) is 47.9 Å². The fourth-order valence-corrected chi connectivity index (χ4v) is 7.74. The zero-order valence-corrected chi connectivity index (χ0v) is 29.4. The van der Waals surface area contributed by atoms with Crippen molar-refractivity contribution in [2.45, 2.75) is 115 Å². The molecular formula is C38H55ClF2N2O3. The maximum atomic E-state index is 13.7. The average Bonchev–Trinajstić information content (AvgIpc) is 3.02. The standard InChI is InChI=1S/C38H55ClF2N2O3/c1-6-45-37(44)36(33-12-10-11-28(3)35(33)30-14-17-32(18-15-30)46-26-38(4,40)41)42(5)23-19-29(20-24-43-21-8-7-9-22-43)34-25-31(39)16-13-27(34)2/h10-13,16,25,29-30,32,36H,6-9,14-15,17-24,26H2,1-5H3/t29-,30?,32?,36?/m1/s1. The van der Waals surface area contributed by atoms with E-state index < -0.39 is 18.6 Å². The highest BCUT2D eigenvalue weighted by atomic mass is 35.5. The second-order valence-corrected chi connectivity index (χ2v) is 14.2. The van der Waals surface area contributed by atoms with Gasteiger partial charge >= 0.3 is 5.97 Å². The zero-order chi connectivity index (χ0) is 33.3. The molecule has 1 saturated heterocycles. The van der Waals surface area contributed by atoms with Crippen molar-refractivity contribution in [1.82, 2.24) is 9.80 Å². The molecular weight excluding hydrogens is 606 g/mol. The number of hydrogen-bond acceptors (Lipinski definition) is 5. The van der Waals surface area contributed by atoms with E-state index in [1.807, 2.05) is 26.1 Å². The normalized spacial score (nSPS) is 20.9. The van der Waals surface area contributed by atoms with Crippen molar-refractivity contribution in [3.8, 4) is 0 Å². The van der Waals surface area contributed by atoms with Gasteiger partial charge in [-0.05, 0) is 157 Å². The molecule has 0 spiro atoms. The van der Waals surface area contributed by atoms with Crippen molar-refractivity contribution in [3.63, 3.8) is 0 Å². The Morgan fingerprint density at radius 2 is 1.74 bits per heavy atom. The van der Waals surface area contributed by atoms with E-state index in [1.165, 1.54) is 49.0 Å². The molecule has 1 aliphatic heterocycles. The molecule has 1 aliphatic carbocycles. The molecule has 1 heterocycles. The minimum Gasteiger partial charge on any atom is -0.465 e. The molecule has 4 rings (SSSR count). The summed E-state index contributed by atoms with van der Waals surface area (Å²) in [7, 11) is 2.04. The fourth-order valence-electron chi connectivity index (χ4n) is 7.56. The first-order valence-electron chi connectivity index (χ1n) is 17.4. The molecule has 0 bridgehead atoms. The van der Waals surface area contributed by atoms with Gasteiger partial charge in [-0.2, -0.15) is 0 Å². The summed E-state index contributed by atoms with van der Waals surface area (Å²) in [6, 6.07) is 11.9. The van der Waals surface area contributed by atoms with Crippen molar-refractivity contribution < 1.29 is 23.0 Å². The molecule has 2 aromatic rings. The Hall–Kier alpha value is -2.06. The van der Waals surface area contributed by atoms with Crippen LogP contribution in [0.5, 0.6) is 0 Å². The lowest BCUT2D eigenvalue weighted by atomic mass is 9.77. The maximum Gasteiger partial charge on any atom is 0.328 e. The van der Waals surface area contributed by atoms with Gasteiger partial charge in [-0.25, -0.2) is 13.6 Å². The summed E-state index contributed by atoms with van der Waals surface area (Å²) in [6.45, 7) is 10.9. The Balaban J connectivity index is 1.54. The van der Waals surface area contributed by atoms with E-state index >= 15 is 0 Å². The van der Waals surface area contributed by atoms with Gasteiger partial charge in [-0.15, -0.1) is 0 Å². The van der Waals surface area contributed by atoms with Gasteiger partial charge < -0.3 is 14.4 Å². The number of benzene rings is 2. The van der Waals surface area contributed by atoms with Crippen molar-refractivity contribution in [2.24, 2.45) is 0 Å². The van der Waals surface area contributed by atoms with Gasteiger partial charge in [0, 0.05) is 11.9 Å². The smallest absolute Gasteiger partial charge is 0.328 e. The third-order valence-corrected chi connectivity index (χ3v) is 10.2. The minimum atomic E-state index is -2.82. The molecule has 2 aromatic carbocycles. The third-order valence-electron chi connectivity index (χ3n) is 10.0. The molecule has 46 heavy (non-hydrogen) atoms. The monoisotopic (exact) mass is 660 g/mol. The molecule has 2 fully saturated rings. The largest absolute Gasteiger partial charge is 0.465 e. The van der Waals surface area contributed by atoms with Crippen molar-refractivity contribution in [2.75, 3.05) is 46.4 Å². The lowest BCUT2D eigenvalue weighted by Gasteiger charge is -2.35. The number of nitrogens with zero attached hydrogens (tertiary/aromatic N) is 2. The fraction of sp³-hybridized carbons (Fsp3) is 0.658. The number of hydrogen-bond donors (Lipinski definition) is 0. The van der Waals surface area contributed by atoms with Crippen molar-refractivity contribution in [3.05, 3.63) is 69.2 Å². The number of carbonyl (C=O) groups excluding carboxylic acids is 1. The third kappa shape index (κ3) is 10.5. The van der Waals surface area contributed by atoms with E-state index in [0.29, 0.717) is 12.5 Å². The van der Waals surface area contributed by atoms with E-state index in [0.717, 1.165) is 74.7 Å². The van der Waals surface area contributed by atoms with Gasteiger partial charge in [-0.1, -0.05) is 42.3 Å². The highest BCUT2D eigenvalue weighted by Crippen LogP contribution is 2.41. The average molecular weight is 661 g/mol. The Morgan fingerprint density at radius 1 is 1.02 bits per heavy atom. The SMILES string of the molecule is CCOC(=O)C(c1cccc(C)c1C1CCC(OCC(C)(F)F)CC1)N(C)CC[C@H](CCN1CCCCC1)c1cc(Cl)ccc1C. The molecule has 0 N–H and O–H groups in total. The predicted molar refractivity (Wildman–Crippen MR) is 183 cm³/mol. The Bertz CT molecular complexity index is 1250. The first kappa shape index (κ1) is 36.8. The molecule has 2 aliphatic rings. The summed E-state index contributed by atoms with van der Waals surface area (Å²) >= 11 is 6.51. The van der Waals surface area contributed by atoms with Crippen molar-refractivity contribution in [1.29, 1.82) is 0 Å². The van der Waals surface area contributed by atoms with Crippen LogP contribution < -0.4 is 0 Å². The number of halogens is 3. The number of likely N-dealkylation sites (N-methyl/N-ethyl adjacent to an activating group) is 1. The van der Waals surface area contributed by atoms with Crippen molar-refractivity contribution >= 4 is 17.6 Å². The van der Waals surface area contributed by atoms with E-state index in [-0.39, 0.29) is 18.0 Å². The highest BCUT2D eigenvalue weighted by Gasteiger charge is 2.34. The van der Waals surface area contributed by atoms with Crippen LogP contribution in [-0.2, 0) is 14.3 Å². The molecule has 0 amide bonds. The van der Waals surface area contributed by atoms with Crippen LogP contribution in [0.4, 0.5) is 8.78 Å². The first-order valence-corrected chi connectivity index (χ1v) is 17.8. The van der Waals surface area contributed by atoms with Gasteiger partial charge in [0.15, 0.2) is 0 Å². The number of rotatable bonds is 15. The summed E-state index contributed by atoms with van der Waals surface area (Å²) in [4.78, 5) is 18.5. The second kappa shape index (κ2) is 17.4. The number of alkyl halides is 2. The summed E-state index contributed by atoms with van der Waals surface area (Å²) in [5, 5.41) is 0.759. The van der Waals surface area contributed by atoms with Crippen LogP contribution in [0.15, 0.2) is 36.4 Å². The Kier molecular flexibility index (Phi) is 13.9. The maximum absolute atomic E-state index is 13.7. The van der Waals surface area contributed by atoms with E-state index in [9.17, 15) is 13.6 Å². The van der Waals surface area contributed by atoms with Crippen LogP contribution >= 0.6 is 11.6 Å². The lowest BCUT2D eigenvalue weighted by molar-refractivity contribution is -0.149. The predicted octanol–water partition coefficient (Wildman–Crippen LogP) is 9.24. The highest BCUT2D eigenvalue weighted by molar-refractivity contribution is 6.30. The molecule has 1 saturated carbocycles. The number of likely N-dealkylation sites (tertiary alicyclic amines) is 1. The quantitative estimate of drug-likeness (QED) is 0.178. The van der Waals surface area contributed by atoms with E-state index in [1.54, 1.807) is 0 Å². The molecule has 0 radical (unpaired) electrons. The van der Waals surface area contributed by atoms with Crippen LogP contribution in [0.25, 0.3) is 0 Å². The van der Waals surface area contributed by atoms with E-state index in [4.69, 9.17) is 21.1 Å². The molecule has 5 nitrogen and oxygen atoms in total. The molecule has 2 atom stereocenters. The van der Waals surface area contributed by atoms with Gasteiger partial charge in [0.05, 0.1) is 12.7 Å². The lowest BCUT2D eigenvalue weighted by Crippen LogP contribution is -2.35. The number of esters is 1. The minimum absolute atomic E-state index is 0.158. The van der Waals surface area contributed by atoms with Gasteiger partial charge in [0.1, 0.15) is 12.6 Å². The summed E-state index contributed by atoms with van der Waals surface area (Å²) in [5.74, 6) is -2.51. The molecule has 1 unspecified atom stereocenters. The van der Waals surface area contributed by atoms with Gasteiger partial charge in [0.2, 0.25) is 0 Å². The van der Waals surface area contributed by atoms with Crippen LogP contribution in [0.1, 0.15) is 117 Å². The van der Waals surface area contributed by atoms with Crippen LogP contribution in [0, 0.1) is 13.8 Å². The molecule has 8 heteroatoms. The number of piperidine rings is 1. The van der Waals surface area contributed by atoms with Gasteiger partial charge in [-0.3, -0.25) is 4.90 Å². The summed E-state index contributed by atoms with van der Waals surface area (Å²) < 4.78 is 38.1. The van der Waals surface area contributed by atoms with Gasteiger partial charge in [0.25, 0.3) is 5.92 Å². The second-order valence-electron chi connectivity index (χ2n) is 13.7. The Morgan fingerprint density at radius 3 is 2.41 bits per heavy atom.